The summed E-state index contributed by atoms with van der Waals surface area (Å²) in [6.07, 6.45) is 0.984. The van der Waals surface area contributed by atoms with E-state index in [9.17, 15) is 0 Å². The van der Waals surface area contributed by atoms with E-state index >= 15 is 0 Å². The number of hydrogen-bond acceptors (Lipinski definition) is 8. The van der Waals surface area contributed by atoms with Gasteiger partial charge in [0.2, 0.25) is 11.8 Å². The van der Waals surface area contributed by atoms with Crippen LogP contribution in [0.5, 0.6) is 11.8 Å². The minimum atomic E-state index is -0.131. The highest BCUT2D eigenvalue weighted by Crippen LogP contribution is 2.31. The van der Waals surface area contributed by atoms with E-state index in [0.29, 0.717) is 5.16 Å². The molecule has 1 aromatic heterocycles. The quantitative estimate of drug-likeness (QED) is 0.440. The number of anilines is 1. The molecule has 0 aliphatic rings. The number of aliphatic hydroxyl groups is 2. The van der Waals surface area contributed by atoms with E-state index in [1.807, 2.05) is 0 Å². The molecule has 7 nitrogen and oxygen atoms in total. The Labute approximate surface area is 116 Å². The number of nitrogens with zero attached hydrogens (tertiary/aromatic N) is 2. The SMILES string of the molecule is CCCSc1nc(OCCO)c(N)c(OCCO)n1. The second-order valence-corrected chi connectivity index (χ2v) is 4.58. The first kappa shape index (κ1) is 15.8. The molecule has 8 heteroatoms. The zero-order valence-electron chi connectivity index (χ0n) is 10.8. The summed E-state index contributed by atoms with van der Waals surface area (Å²) in [5.41, 5.74) is 5.98. The van der Waals surface area contributed by atoms with Gasteiger partial charge in [0.15, 0.2) is 10.8 Å². The standard InChI is InChI=1S/C11H19N3O4S/c1-2-7-19-11-13-9(17-5-3-15)8(12)10(14-11)18-6-4-16/h15-16H,2-7,12H2,1H3. The molecule has 0 bridgehead atoms. The van der Waals surface area contributed by atoms with Crippen LogP contribution in [0.4, 0.5) is 5.69 Å². The minimum absolute atomic E-state index is 0.0958. The molecule has 0 saturated heterocycles. The second kappa shape index (κ2) is 8.78. The fraction of sp³-hybridized carbons (Fsp3) is 0.636. The van der Waals surface area contributed by atoms with Gasteiger partial charge in [-0.05, 0) is 6.42 Å². The largest absolute Gasteiger partial charge is 0.474 e. The predicted octanol–water partition coefficient (Wildman–Crippen LogP) is 0.303. The Hall–Kier alpha value is -1.25. The van der Waals surface area contributed by atoms with Crippen LogP contribution >= 0.6 is 11.8 Å². The van der Waals surface area contributed by atoms with E-state index in [0.717, 1.165) is 12.2 Å². The molecule has 0 aliphatic carbocycles. The van der Waals surface area contributed by atoms with Crippen molar-refractivity contribution < 1.29 is 19.7 Å². The van der Waals surface area contributed by atoms with Crippen molar-refractivity contribution in [3.8, 4) is 11.8 Å². The van der Waals surface area contributed by atoms with Crippen LogP contribution in [0.25, 0.3) is 0 Å². The first-order valence-electron chi connectivity index (χ1n) is 6.00. The molecule has 0 aliphatic heterocycles. The highest BCUT2D eigenvalue weighted by Gasteiger charge is 2.14. The number of nitrogens with two attached hydrogens (primary N) is 1. The lowest BCUT2D eigenvalue weighted by atomic mass is 10.5. The van der Waals surface area contributed by atoms with Crippen LogP contribution in [0.15, 0.2) is 5.16 Å². The molecule has 1 heterocycles. The van der Waals surface area contributed by atoms with Crippen LogP contribution < -0.4 is 15.2 Å². The molecule has 1 rings (SSSR count). The number of rotatable bonds is 9. The van der Waals surface area contributed by atoms with Crippen LogP contribution in [0, 0.1) is 0 Å². The Kier molecular flexibility index (Phi) is 7.31. The third-order valence-corrected chi connectivity index (χ3v) is 3.00. The number of nitrogen functional groups attached to an aromatic ring is 1. The maximum absolute atomic E-state index is 8.76. The minimum Gasteiger partial charge on any atom is -0.474 e. The molecule has 1 aromatic rings. The van der Waals surface area contributed by atoms with Crippen LogP contribution in [0.1, 0.15) is 13.3 Å². The highest BCUT2D eigenvalue weighted by molar-refractivity contribution is 7.99. The third kappa shape index (κ3) is 5.09. The van der Waals surface area contributed by atoms with Gasteiger partial charge in [0.25, 0.3) is 0 Å². The average Bonchev–Trinajstić information content (AvgIpc) is 2.43. The van der Waals surface area contributed by atoms with Crippen molar-refractivity contribution in [2.24, 2.45) is 0 Å². The molecular formula is C11H19N3O4S. The zero-order valence-corrected chi connectivity index (χ0v) is 11.7. The summed E-state index contributed by atoms with van der Waals surface area (Å²) in [4.78, 5) is 8.33. The van der Waals surface area contributed by atoms with Crippen molar-refractivity contribution in [2.75, 3.05) is 37.9 Å². The average molecular weight is 289 g/mol. The van der Waals surface area contributed by atoms with Crippen LogP contribution in [0.3, 0.4) is 0 Å². The Balaban J connectivity index is 2.92. The lowest BCUT2D eigenvalue weighted by Crippen LogP contribution is -2.11. The van der Waals surface area contributed by atoms with Crippen LogP contribution in [-0.4, -0.2) is 52.4 Å². The molecular weight excluding hydrogens is 270 g/mol. The van der Waals surface area contributed by atoms with Crippen molar-refractivity contribution in [3.63, 3.8) is 0 Å². The fourth-order valence-corrected chi connectivity index (χ4v) is 1.85. The lowest BCUT2D eigenvalue weighted by Gasteiger charge is -2.12. The molecule has 0 unspecified atom stereocenters. The van der Waals surface area contributed by atoms with Crippen LogP contribution in [-0.2, 0) is 0 Å². The summed E-state index contributed by atoms with van der Waals surface area (Å²) in [5, 5.41) is 18.0. The van der Waals surface area contributed by atoms with Crippen LogP contribution in [0.2, 0.25) is 0 Å². The summed E-state index contributed by atoms with van der Waals surface area (Å²) in [6, 6.07) is 0. The van der Waals surface area contributed by atoms with E-state index in [2.05, 4.69) is 16.9 Å². The smallest absolute Gasteiger partial charge is 0.245 e. The number of ether oxygens (including phenoxy) is 2. The van der Waals surface area contributed by atoms with Crippen molar-refractivity contribution in [1.82, 2.24) is 9.97 Å². The van der Waals surface area contributed by atoms with E-state index in [-0.39, 0.29) is 43.9 Å². The van der Waals surface area contributed by atoms with Gasteiger partial charge in [-0.3, -0.25) is 0 Å². The maximum Gasteiger partial charge on any atom is 0.245 e. The molecule has 0 saturated carbocycles. The maximum atomic E-state index is 8.76. The molecule has 19 heavy (non-hydrogen) atoms. The summed E-state index contributed by atoms with van der Waals surface area (Å²) < 4.78 is 10.5. The van der Waals surface area contributed by atoms with E-state index in [1.54, 1.807) is 0 Å². The van der Waals surface area contributed by atoms with Gasteiger partial charge < -0.3 is 25.4 Å². The Morgan fingerprint density at radius 2 is 1.63 bits per heavy atom. The molecule has 4 N–H and O–H groups in total. The summed E-state index contributed by atoms with van der Waals surface area (Å²) in [7, 11) is 0. The predicted molar refractivity (Wildman–Crippen MR) is 72.6 cm³/mol. The summed E-state index contributed by atoms with van der Waals surface area (Å²) >= 11 is 1.46. The number of aliphatic hydroxyl groups excluding tert-OH is 2. The van der Waals surface area contributed by atoms with Crippen molar-refractivity contribution in [3.05, 3.63) is 0 Å². The first-order chi connectivity index (χ1) is 9.22. The zero-order chi connectivity index (χ0) is 14.1. The van der Waals surface area contributed by atoms with Gasteiger partial charge in [-0.2, -0.15) is 9.97 Å². The monoisotopic (exact) mass is 289 g/mol. The van der Waals surface area contributed by atoms with Gasteiger partial charge >= 0.3 is 0 Å². The number of thioether (sulfide) groups is 1. The van der Waals surface area contributed by atoms with Gasteiger partial charge in [-0.25, -0.2) is 0 Å². The van der Waals surface area contributed by atoms with Gasteiger partial charge in [-0.1, -0.05) is 18.7 Å². The Morgan fingerprint density at radius 3 is 2.05 bits per heavy atom. The molecule has 0 amide bonds. The summed E-state index contributed by atoms with van der Waals surface area (Å²) in [5.74, 6) is 1.24. The molecule has 0 aromatic carbocycles. The van der Waals surface area contributed by atoms with Crippen molar-refractivity contribution >= 4 is 17.4 Å². The third-order valence-electron chi connectivity index (χ3n) is 1.95. The Morgan fingerprint density at radius 1 is 1.11 bits per heavy atom. The Bertz CT molecular complexity index is 363. The van der Waals surface area contributed by atoms with E-state index < -0.39 is 0 Å². The molecule has 0 spiro atoms. The van der Waals surface area contributed by atoms with Gasteiger partial charge in [0.1, 0.15) is 13.2 Å². The number of hydrogen-bond donors (Lipinski definition) is 3. The van der Waals surface area contributed by atoms with Crippen molar-refractivity contribution in [1.29, 1.82) is 0 Å². The van der Waals surface area contributed by atoms with Crippen molar-refractivity contribution in [2.45, 2.75) is 18.5 Å². The molecule has 0 radical (unpaired) electrons. The topological polar surface area (TPSA) is 111 Å². The first-order valence-corrected chi connectivity index (χ1v) is 6.99. The van der Waals surface area contributed by atoms with E-state index in [1.165, 1.54) is 11.8 Å². The second-order valence-electron chi connectivity index (χ2n) is 3.52. The normalized spacial score (nSPS) is 10.5. The summed E-state index contributed by atoms with van der Waals surface area (Å²) in [6.45, 7) is 1.98. The lowest BCUT2D eigenvalue weighted by molar-refractivity contribution is 0.188. The fourth-order valence-electron chi connectivity index (χ4n) is 1.17. The van der Waals surface area contributed by atoms with Gasteiger partial charge in [-0.15, -0.1) is 0 Å². The number of aromatic nitrogens is 2. The molecule has 0 atom stereocenters. The molecule has 0 fully saturated rings. The van der Waals surface area contributed by atoms with E-state index in [4.69, 9.17) is 25.4 Å². The van der Waals surface area contributed by atoms with Gasteiger partial charge in [0.05, 0.1) is 13.2 Å². The highest BCUT2D eigenvalue weighted by atomic mass is 32.2. The molecule has 108 valence electrons. The van der Waals surface area contributed by atoms with Gasteiger partial charge in [0, 0.05) is 5.75 Å².